The predicted molar refractivity (Wildman–Crippen MR) is 225 cm³/mol. The number of rotatable bonds is 6. The van der Waals surface area contributed by atoms with Crippen molar-refractivity contribution in [2.24, 2.45) is 0 Å². The van der Waals surface area contributed by atoms with E-state index in [1.165, 1.54) is 0 Å². The largest absolute Gasteiger partial charge is 0.507 e. The van der Waals surface area contributed by atoms with Crippen molar-refractivity contribution < 1.29 is 13.3 Å². The van der Waals surface area contributed by atoms with Gasteiger partial charge in [0, 0.05) is 31.2 Å². The van der Waals surface area contributed by atoms with Crippen LogP contribution in [0.4, 0.5) is 0 Å². The zero-order valence-corrected chi connectivity index (χ0v) is 31.1. The number of nitrogens with zero attached hydrogens (tertiary/aromatic N) is 3. The average Bonchev–Trinajstić information content (AvgIpc) is 3.61. The number of hydrogen-bond donors (Lipinski definition) is 1. The molecule has 4 heteroatoms. The van der Waals surface area contributed by atoms with Crippen LogP contribution in [0, 0.1) is 27.6 Å². The Balaban J connectivity index is 1.35. The lowest BCUT2D eigenvalue weighted by atomic mass is 9.83. The quantitative estimate of drug-likeness (QED) is 0.187. The molecule has 0 amide bonds. The van der Waals surface area contributed by atoms with Crippen LogP contribution >= 0.6 is 0 Å². The predicted octanol–water partition coefficient (Wildman–Crippen LogP) is 13.0. The van der Waals surface area contributed by atoms with Crippen molar-refractivity contribution >= 4 is 11.0 Å². The maximum absolute atomic E-state index is 11.6. The zero-order chi connectivity index (χ0) is 42.7. The van der Waals surface area contributed by atoms with Crippen LogP contribution < -0.4 is 0 Å². The number of benzene rings is 6. The van der Waals surface area contributed by atoms with E-state index in [4.69, 9.17) is 18.2 Å². The minimum absolute atomic E-state index is 0.103. The van der Waals surface area contributed by atoms with Gasteiger partial charge in [-0.25, -0.2) is 4.98 Å². The first-order chi connectivity index (χ1) is 28.4. The molecule has 0 bridgehead atoms. The summed E-state index contributed by atoms with van der Waals surface area (Å²) in [6.07, 6.45) is 1.77. The summed E-state index contributed by atoms with van der Waals surface area (Å²) in [7, 11) is 0. The van der Waals surface area contributed by atoms with Crippen LogP contribution in [-0.4, -0.2) is 19.6 Å². The van der Waals surface area contributed by atoms with Gasteiger partial charge < -0.3 is 5.11 Å². The summed E-state index contributed by atoms with van der Waals surface area (Å²) < 4.78 is 51.1. The second kappa shape index (κ2) is 13.6. The van der Waals surface area contributed by atoms with E-state index in [2.05, 4.69) is 39.0 Å². The zero-order valence-electron chi connectivity index (χ0n) is 37.1. The lowest BCUT2D eigenvalue weighted by Crippen LogP contribution is -2.11. The third-order valence-corrected chi connectivity index (χ3v) is 10.1. The van der Waals surface area contributed by atoms with Gasteiger partial charge in [-0.15, -0.1) is 0 Å². The minimum atomic E-state index is -2.42. The van der Waals surface area contributed by atoms with Crippen molar-refractivity contribution in [2.45, 2.75) is 53.7 Å². The second-order valence-electron chi connectivity index (χ2n) is 15.1. The van der Waals surface area contributed by atoms with Crippen molar-refractivity contribution in [1.29, 1.82) is 0 Å². The highest BCUT2D eigenvalue weighted by molar-refractivity contribution is 5.97. The van der Waals surface area contributed by atoms with Crippen LogP contribution in [-0.2, 0) is 5.41 Å². The molecular formula is C50H45N3O. The molecule has 1 N–H and O–H groups in total. The van der Waals surface area contributed by atoms with E-state index in [-0.39, 0.29) is 22.3 Å². The molecule has 6 aromatic carbocycles. The Morgan fingerprint density at radius 3 is 2.15 bits per heavy atom. The van der Waals surface area contributed by atoms with Crippen molar-refractivity contribution in [1.82, 2.24) is 14.5 Å². The molecule has 0 aliphatic carbocycles. The van der Waals surface area contributed by atoms with Gasteiger partial charge >= 0.3 is 0 Å². The Kier molecular flexibility index (Phi) is 7.13. The van der Waals surface area contributed by atoms with Crippen molar-refractivity contribution in [2.75, 3.05) is 0 Å². The van der Waals surface area contributed by atoms with E-state index in [0.717, 1.165) is 55.7 Å². The number of imidazole rings is 1. The van der Waals surface area contributed by atoms with Gasteiger partial charge in [-0.05, 0) is 132 Å². The first kappa shape index (κ1) is 28.3. The van der Waals surface area contributed by atoms with Gasteiger partial charge in [-0.2, -0.15) is 0 Å². The van der Waals surface area contributed by atoms with Gasteiger partial charge in [0.2, 0.25) is 0 Å². The summed E-state index contributed by atoms with van der Waals surface area (Å²) in [5.74, 6) is 0.587. The summed E-state index contributed by atoms with van der Waals surface area (Å²) in [5, 5.41) is 11.6. The number of hydrogen-bond acceptors (Lipinski definition) is 3. The van der Waals surface area contributed by atoms with Gasteiger partial charge in [-0.3, -0.25) is 9.55 Å². The van der Waals surface area contributed by atoms with Crippen molar-refractivity contribution in [3.8, 4) is 67.5 Å². The van der Waals surface area contributed by atoms with E-state index >= 15 is 0 Å². The molecular weight excluding hydrogens is 659 g/mol. The molecule has 0 saturated carbocycles. The molecule has 54 heavy (non-hydrogen) atoms. The first-order valence-electron chi connectivity index (χ1n) is 21.1. The first-order valence-corrected chi connectivity index (χ1v) is 18.1. The molecule has 2 aromatic heterocycles. The maximum atomic E-state index is 11.6. The molecule has 0 saturated heterocycles. The molecule has 0 spiro atoms. The normalized spacial score (nSPS) is 13.8. The molecule has 0 atom stereocenters. The van der Waals surface area contributed by atoms with Gasteiger partial charge in [-0.1, -0.05) is 111 Å². The van der Waals surface area contributed by atoms with Crippen LogP contribution in [0.25, 0.3) is 72.7 Å². The fourth-order valence-electron chi connectivity index (χ4n) is 7.24. The number of phenols is 1. The van der Waals surface area contributed by atoms with Gasteiger partial charge in [0.25, 0.3) is 0 Å². The molecule has 266 valence electrons. The molecule has 0 aliphatic rings. The van der Waals surface area contributed by atoms with Gasteiger partial charge in [0.05, 0.1) is 22.3 Å². The fourth-order valence-corrected chi connectivity index (χ4v) is 7.24. The Hall–Kier alpha value is -6.26. The maximum Gasteiger partial charge on any atom is 0.149 e. The van der Waals surface area contributed by atoms with E-state index in [1.54, 1.807) is 24.4 Å². The summed E-state index contributed by atoms with van der Waals surface area (Å²) in [4.78, 5) is 10.1. The molecule has 8 aromatic rings. The number of aromatic nitrogens is 3. The highest BCUT2D eigenvalue weighted by Gasteiger charge is 2.23. The van der Waals surface area contributed by atoms with Crippen LogP contribution in [0.1, 0.15) is 56.8 Å². The third-order valence-electron chi connectivity index (χ3n) is 10.1. The van der Waals surface area contributed by atoms with Crippen LogP contribution in [0.5, 0.6) is 5.75 Å². The van der Waals surface area contributed by atoms with Crippen LogP contribution in [0.15, 0.2) is 140 Å². The molecule has 2 heterocycles. The minimum Gasteiger partial charge on any atom is -0.507 e. The van der Waals surface area contributed by atoms with Crippen LogP contribution in [0.3, 0.4) is 0 Å². The number of para-hydroxylation sites is 1. The molecule has 4 nitrogen and oxygen atoms in total. The molecule has 0 fully saturated rings. The molecule has 8 rings (SSSR count). The second-order valence-corrected chi connectivity index (χ2v) is 15.1. The summed E-state index contributed by atoms with van der Waals surface area (Å²) in [5.41, 5.74) is 12.2. The Bertz CT molecular complexity index is 2900. The average molecular weight is 710 g/mol. The molecule has 0 unspecified atom stereocenters. The summed E-state index contributed by atoms with van der Waals surface area (Å²) in [6, 6.07) is 42.2. The number of pyridine rings is 1. The highest BCUT2D eigenvalue weighted by Crippen LogP contribution is 2.41. The van der Waals surface area contributed by atoms with Crippen LogP contribution in [0.2, 0.25) is 0 Å². The number of phenolic OH excluding ortho intramolecular Hbond substituents is 1. The lowest BCUT2D eigenvalue weighted by molar-refractivity contribution is 0.472. The van der Waals surface area contributed by atoms with Crippen molar-refractivity contribution in [3.63, 3.8) is 0 Å². The highest BCUT2D eigenvalue weighted by atomic mass is 16.3. The van der Waals surface area contributed by atoms with Gasteiger partial charge in [0.1, 0.15) is 11.6 Å². The summed E-state index contributed by atoms with van der Waals surface area (Å²) >= 11 is 0. The third kappa shape index (κ3) is 6.49. The van der Waals surface area contributed by atoms with E-state index < -0.39 is 13.7 Å². The Morgan fingerprint density at radius 1 is 0.593 bits per heavy atom. The topological polar surface area (TPSA) is 50.9 Å². The Labute approximate surface area is 326 Å². The molecule has 0 aliphatic heterocycles. The monoisotopic (exact) mass is 709 g/mol. The number of aromatic hydroxyl groups is 1. The Morgan fingerprint density at radius 2 is 1.39 bits per heavy atom. The lowest BCUT2D eigenvalue weighted by Gasteiger charge is -2.22. The smallest absolute Gasteiger partial charge is 0.149 e. The van der Waals surface area contributed by atoms with Crippen molar-refractivity contribution in [3.05, 3.63) is 167 Å². The number of fused-ring (bicyclic) bond motifs is 1. The fraction of sp³-hybridized carbons (Fsp3) is 0.160. The molecule has 0 radical (unpaired) electrons. The SMILES string of the molecule is [2H]C([2H])([2H])c1ccc(-c2ccnc(-c3cc(-c4cccc5c4nc(-c4cc(C)cc(C)c4O)n5-c4ccc(-c5ccccc5)c(C([2H])([2H])[2H])c4)cc(C(C)(C)C)c3)c2)cc1. The summed E-state index contributed by atoms with van der Waals surface area (Å²) in [6.45, 7) is 5.75. The van der Waals surface area contributed by atoms with E-state index in [1.807, 2.05) is 115 Å². The van der Waals surface area contributed by atoms with Gasteiger partial charge in [0.15, 0.2) is 0 Å². The standard InChI is InChI=1S/C50H45N3O/c1-31-16-18-35(19-17-31)37-22-23-51-45(30-37)39-27-38(28-40(29-39)50(5,6)7)43-14-11-15-46-47(43)52-49(44-25-32(2)24-34(4)48(44)54)53(46)41-20-21-42(33(3)26-41)36-12-9-8-10-13-36/h8-30,54H,1-7H3/i1D3,3D3. The number of aryl methyl sites for hydroxylation is 4. The van der Waals surface area contributed by atoms with E-state index in [0.29, 0.717) is 33.7 Å². The van der Waals surface area contributed by atoms with E-state index in [9.17, 15) is 5.11 Å².